The summed E-state index contributed by atoms with van der Waals surface area (Å²) in [5.41, 5.74) is 2.07. The highest BCUT2D eigenvalue weighted by atomic mass is 16.5. The van der Waals surface area contributed by atoms with E-state index in [2.05, 4.69) is 0 Å². The normalized spacial score (nSPS) is 13.7. The van der Waals surface area contributed by atoms with E-state index in [1.165, 1.54) is 0 Å². The van der Waals surface area contributed by atoms with Gasteiger partial charge in [-0.05, 0) is 36.6 Å². The first-order chi connectivity index (χ1) is 7.17. The van der Waals surface area contributed by atoms with E-state index in [0.29, 0.717) is 0 Å². The lowest BCUT2D eigenvalue weighted by molar-refractivity contribution is 0.208. The average Bonchev–Trinajstić information content (AvgIpc) is 2.29. The van der Waals surface area contributed by atoms with Gasteiger partial charge in [-0.3, -0.25) is 0 Å². The van der Waals surface area contributed by atoms with Crippen LogP contribution in [0.3, 0.4) is 0 Å². The number of aliphatic hydroxyl groups is 1. The Labute approximate surface area is 91.2 Å². The zero-order valence-corrected chi connectivity index (χ0v) is 9.53. The molecule has 0 spiro atoms. The molecule has 1 N–H and O–H groups in total. The van der Waals surface area contributed by atoms with Crippen molar-refractivity contribution >= 4 is 6.08 Å². The molecule has 1 aromatic carbocycles. The zero-order valence-electron chi connectivity index (χ0n) is 9.53. The fourth-order valence-corrected chi connectivity index (χ4v) is 1.38. The Bertz CT molecular complexity index is 325. The summed E-state index contributed by atoms with van der Waals surface area (Å²) in [5.74, 6) is 0.848. The van der Waals surface area contributed by atoms with Crippen LogP contribution < -0.4 is 4.74 Å². The largest absolute Gasteiger partial charge is 0.497 e. The summed E-state index contributed by atoms with van der Waals surface area (Å²) < 4.78 is 5.07. The molecule has 0 aliphatic rings. The molecule has 2 heteroatoms. The predicted octanol–water partition coefficient (Wildman–Crippen LogP) is 2.87. The highest BCUT2D eigenvalue weighted by Gasteiger charge is 2.02. The third kappa shape index (κ3) is 3.40. The number of ether oxygens (including phenoxy) is 1. The lowest BCUT2D eigenvalue weighted by Gasteiger charge is -2.08. The van der Waals surface area contributed by atoms with Crippen LogP contribution in [0.15, 0.2) is 29.8 Å². The van der Waals surface area contributed by atoms with Crippen LogP contribution in [0.4, 0.5) is 0 Å². The Balaban J connectivity index is 2.79. The van der Waals surface area contributed by atoms with Gasteiger partial charge in [-0.15, -0.1) is 0 Å². The van der Waals surface area contributed by atoms with Gasteiger partial charge in [0.1, 0.15) is 5.75 Å². The molecule has 1 atom stereocenters. The van der Waals surface area contributed by atoms with Gasteiger partial charge in [0, 0.05) is 0 Å². The SMILES string of the molecule is CCC(O)/C(C)=C/c1ccc(OC)cc1. The van der Waals surface area contributed by atoms with E-state index in [4.69, 9.17) is 4.74 Å². The maximum atomic E-state index is 9.60. The first-order valence-corrected chi connectivity index (χ1v) is 5.17. The van der Waals surface area contributed by atoms with Crippen molar-refractivity contribution in [3.63, 3.8) is 0 Å². The molecule has 0 amide bonds. The van der Waals surface area contributed by atoms with Gasteiger partial charge in [-0.2, -0.15) is 0 Å². The lowest BCUT2D eigenvalue weighted by Crippen LogP contribution is -2.05. The van der Waals surface area contributed by atoms with Crippen molar-refractivity contribution in [2.24, 2.45) is 0 Å². The smallest absolute Gasteiger partial charge is 0.118 e. The molecule has 0 heterocycles. The molecule has 0 aliphatic heterocycles. The highest BCUT2D eigenvalue weighted by Crippen LogP contribution is 2.15. The summed E-state index contributed by atoms with van der Waals surface area (Å²) in [6.07, 6.45) is 2.40. The van der Waals surface area contributed by atoms with Crippen LogP contribution in [-0.2, 0) is 0 Å². The Morgan fingerprint density at radius 1 is 1.40 bits per heavy atom. The van der Waals surface area contributed by atoms with Gasteiger partial charge in [0.2, 0.25) is 0 Å². The molecule has 0 aromatic heterocycles. The number of methoxy groups -OCH3 is 1. The van der Waals surface area contributed by atoms with Crippen LogP contribution in [0, 0.1) is 0 Å². The summed E-state index contributed by atoms with van der Waals surface area (Å²) in [6, 6.07) is 7.78. The Hall–Kier alpha value is -1.28. The molecule has 15 heavy (non-hydrogen) atoms. The minimum atomic E-state index is -0.341. The van der Waals surface area contributed by atoms with Crippen LogP contribution in [0.25, 0.3) is 6.08 Å². The molecule has 0 saturated heterocycles. The second-order valence-electron chi connectivity index (χ2n) is 3.59. The minimum Gasteiger partial charge on any atom is -0.497 e. The Morgan fingerprint density at radius 3 is 2.47 bits per heavy atom. The fraction of sp³-hybridized carbons (Fsp3) is 0.385. The first-order valence-electron chi connectivity index (χ1n) is 5.17. The maximum absolute atomic E-state index is 9.60. The molecule has 82 valence electrons. The number of aliphatic hydroxyl groups excluding tert-OH is 1. The van der Waals surface area contributed by atoms with Crippen molar-refractivity contribution < 1.29 is 9.84 Å². The Kier molecular flexibility index (Phi) is 4.37. The lowest BCUT2D eigenvalue weighted by atomic mass is 10.1. The zero-order chi connectivity index (χ0) is 11.3. The van der Waals surface area contributed by atoms with E-state index < -0.39 is 0 Å². The summed E-state index contributed by atoms with van der Waals surface area (Å²) in [7, 11) is 1.65. The van der Waals surface area contributed by atoms with Gasteiger partial charge in [-0.25, -0.2) is 0 Å². The molecule has 0 saturated carbocycles. The molecule has 1 aromatic rings. The number of hydrogen-bond acceptors (Lipinski definition) is 2. The molecule has 0 radical (unpaired) electrons. The van der Waals surface area contributed by atoms with Gasteiger partial charge in [0.05, 0.1) is 13.2 Å². The van der Waals surface area contributed by atoms with E-state index in [1.807, 2.05) is 44.2 Å². The topological polar surface area (TPSA) is 29.5 Å². The van der Waals surface area contributed by atoms with Crippen molar-refractivity contribution in [3.05, 3.63) is 35.4 Å². The Morgan fingerprint density at radius 2 is 2.00 bits per heavy atom. The third-order valence-electron chi connectivity index (χ3n) is 2.42. The minimum absolute atomic E-state index is 0.341. The van der Waals surface area contributed by atoms with Crippen LogP contribution in [0.1, 0.15) is 25.8 Å². The second kappa shape index (κ2) is 5.56. The van der Waals surface area contributed by atoms with E-state index >= 15 is 0 Å². The van der Waals surface area contributed by atoms with Crippen LogP contribution in [0.2, 0.25) is 0 Å². The van der Waals surface area contributed by atoms with Gasteiger partial charge >= 0.3 is 0 Å². The van der Waals surface area contributed by atoms with Crippen molar-refractivity contribution in [2.45, 2.75) is 26.4 Å². The molecule has 0 aliphatic carbocycles. The van der Waals surface area contributed by atoms with Crippen LogP contribution in [-0.4, -0.2) is 18.3 Å². The highest BCUT2D eigenvalue weighted by molar-refractivity contribution is 5.54. The summed E-state index contributed by atoms with van der Waals surface area (Å²) in [4.78, 5) is 0. The van der Waals surface area contributed by atoms with Gasteiger partial charge in [-0.1, -0.05) is 25.1 Å². The molecule has 0 bridgehead atoms. The van der Waals surface area contributed by atoms with Crippen molar-refractivity contribution in [2.75, 3.05) is 7.11 Å². The molecular weight excluding hydrogens is 188 g/mol. The number of hydrogen-bond donors (Lipinski definition) is 1. The third-order valence-corrected chi connectivity index (χ3v) is 2.42. The van der Waals surface area contributed by atoms with Gasteiger partial charge in [0.25, 0.3) is 0 Å². The molecular formula is C13H18O2. The first kappa shape index (κ1) is 11.8. The van der Waals surface area contributed by atoms with Crippen LogP contribution >= 0.6 is 0 Å². The fourth-order valence-electron chi connectivity index (χ4n) is 1.38. The standard InChI is InChI=1S/C13H18O2/c1-4-13(14)10(2)9-11-5-7-12(15-3)8-6-11/h5-9,13-14H,4H2,1-3H3/b10-9+. The molecule has 2 nitrogen and oxygen atoms in total. The van der Waals surface area contributed by atoms with Crippen LogP contribution in [0.5, 0.6) is 5.75 Å². The summed E-state index contributed by atoms with van der Waals surface area (Å²) in [5, 5.41) is 9.60. The van der Waals surface area contributed by atoms with E-state index in [-0.39, 0.29) is 6.10 Å². The summed E-state index contributed by atoms with van der Waals surface area (Å²) in [6.45, 7) is 3.91. The average molecular weight is 206 g/mol. The molecule has 0 fully saturated rings. The van der Waals surface area contributed by atoms with Crippen molar-refractivity contribution in [3.8, 4) is 5.75 Å². The molecule has 1 rings (SSSR count). The predicted molar refractivity (Wildman–Crippen MR) is 62.9 cm³/mol. The summed E-state index contributed by atoms with van der Waals surface area (Å²) >= 11 is 0. The monoisotopic (exact) mass is 206 g/mol. The quantitative estimate of drug-likeness (QED) is 0.820. The van der Waals surface area contributed by atoms with E-state index in [1.54, 1.807) is 7.11 Å². The number of benzene rings is 1. The maximum Gasteiger partial charge on any atom is 0.118 e. The van der Waals surface area contributed by atoms with E-state index in [9.17, 15) is 5.11 Å². The van der Waals surface area contributed by atoms with Gasteiger partial charge in [0.15, 0.2) is 0 Å². The van der Waals surface area contributed by atoms with Gasteiger partial charge < -0.3 is 9.84 Å². The number of rotatable bonds is 4. The van der Waals surface area contributed by atoms with Crippen molar-refractivity contribution in [1.29, 1.82) is 0 Å². The second-order valence-corrected chi connectivity index (χ2v) is 3.59. The van der Waals surface area contributed by atoms with Crippen molar-refractivity contribution in [1.82, 2.24) is 0 Å². The molecule has 1 unspecified atom stereocenters. The van der Waals surface area contributed by atoms with E-state index in [0.717, 1.165) is 23.3 Å².